The number of urea groups is 1. The van der Waals surface area contributed by atoms with Gasteiger partial charge in [0.05, 0.1) is 23.8 Å². The number of amides is 3. The average molecular weight is 374 g/mol. The van der Waals surface area contributed by atoms with Gasteiger partial charge in [0.25, 0.3) is 5.91 Å². The first-order valence-corrected chi connectivity index (χ1v) is 9.26. The van der Waals surface area contributed by atoms with Gasteiger partial charge in [0.2, 0.25) is 0 Å². The quantitative estimate of drug-likeness (QED) is 0.841. The molecule has 7 nitrogen and oxygen atoms in total. The van der Waals surface area contributed by atoms with Crippen LogP contribution < -0.4 is 10.6 Å². The number of hydrogen-bond acceptors (Lipinski definition) is 5. The van der Waals surface area contributed by atoms with Gasteiger partial charge in [0, 0.05) is 32.6 Å². The molecule has 0 atom stereocenters. The maximum atomic E-state index is 12.0. The number of fused-ring (bicyclic) bond motifs is 1. The van der Waals surface area contributed by atoms with Gasteiger partial charge in [-0.3, -0.25) is 10.1 Å². The third kappa shape index (κ3) is 4.59. The van der Waals surface area contributed by atoms with Crippen molar-refractivity contribution in [3.63, 3.8) is 0 Å². The summed E-state index contributed by atoms with van der Waals surface area (Å²) in [7, 11) is 3.45. The molecule has 0 spiro atoms. The summed E-state index contributed by atoms with van der Waals surface area (Å²) in [6.45, 7) is 1.72. The van der Waals surface area contributed by atoms with Crippen molar-refractivity contribution in [1.29, 1.82) is 0 Å². The minimum Gasteiger partial charge on any atom is -0.375 e. The molecule has 2 aromatic rings. The van der Waals surface area contributed by atoms with Crippen molar-refractivity contribution in [1.82, 2.24) is 15.2 Å². The average Bonchev–Trinajstić information content (AvgIpc) is 3.03. The highest BCUT2D eigenvalue weighted by molar-refractivity contribution is 7.15. The summed E-state index contributed by atoms with van der Waals surface area (Å²) < 4.78 is 5.38. The lowest BCUT2D eigenvalue weighted by atomic mass is 10.1. The Morgan fingerprint density at radius 2 is 2.19 bits per heavy atom. The maximum Gasteiger partial charge on any atom is 0.321 e. The van der Waals surface area contributed by atoms with Crippen molar-refractivity contribution in [2.24, 2.45) is 0 Å². The van der Waals surface area contributed by atoms with Crippen LogP contribution in [0.2, 0.25) is 0 Å². The summed E-state index contributed by atoms with van der Waals surface area (Å²) in [6.07, 6.45) is 1.43. The molecule has 1 aliphatic heterocycles. The minimum absolute atomic E-state index is 0.0331. The number of nitrogens with one attached hydrogen (secondary N) is 2. The van der Waals surface area contributed by atoms with Crippen molar-refractivity contribution in [2.45, 2.75) is 19.4 Å². The number of ether oxygens (including phenoxy) is 1. The Morgan fingerprint density at radius 3 is 2.96 bits per heavy atom. The van der Waals surface area contributed by atoms with Gasteiger partial charge >= 0.3 is 6.03 Å². The topological polar surface area (TPSA) is 83.6 Å². The fourth-order valence-electron chi connectivity index (χ4n) is 2.66. The lowest BCUT2D eigenvalue weighted by Gasteiger charge is -2.11. The highest BCUT2D eigenvalue weighted by Gasteiger charge is 2.16. The zero-order valence-corrected chi connectivity index (χ0v) is 15.7. The predicted molar refractivity (Wildman–Crippen MR) is 101 cm³/mol. The minimum atomic E-state index is -0.280. The monoisotopic (exact) mass is 374 g/mol. The molecule has 8 heteroatoms. The number of benzene rings is 1. The van der Waals surface area contributed by atoms with Crippen LogP contribution in [0.15, 0.2) is 24.3 Å². The second-order valence-corrected chi connectivity index (χ2v) is 7.31. The van der Waals surface area contributed by atoms with Crippen LogP contribution in [-0.2, 0) is 24.2 Å². The summed E-state index contributed by atoms with van der Waals surface area (Å²) in [5.74, 6) is -0.0331. The van der Waals surface area contributed by atoms with E-state index in [4.69, 9.17) is 4.74 Å². The van der Waals surface area contributed by atoms with E-state index in [1.807, 2.05) is 18.2 Å². The van der Waals surface area contributed by atoms with Crippen molar-refractivity contribution in [3.8, 4) is 0 Å². The first-order chi connectivity index (χ1) is 12.5. The fraction of sp³-hybridized carbons (Fsp3) is 0.389. The number of carbonyl (C=O) groups excluding carboxylic acids is 2. The van der Waals surface area contributed by atoms with Crippen LogP contribution in [-0.4, -0.2) is 49.1 Å². The molecule has 0 bridgehead atoms. The van der Waals surface area contributed by atoms with Gasteiger partial charge in [-0.1, -0.05) is 23.5 Å². The van der Waals surface area contributed by atoms with E-state index in [0.29, 0.717) is 36.9 Å². The second kappa shape index (κ2) is 8.29. The van der Waals surface area contributed by atoms with Gasteiger partial charge in [0.15, 0.2) is 5.13 Å². The van der Waals surface area contributed by atoms with Gasteiger partial charge < -0.3 is 15.0 Å². The molecule has 3 rings (SSSR count). The standard InChI is InChI=1S/C18H22N4O3S/c1-22(2)16(23)13-5-3-4-12(10-13)6-8-19-17(24)21-18-20-14-7-9-25-11-15(14)26-18/h3-5,10H,6-9,11H2,1-2H3,(H2,19,20,21,24). The largest absolute Gasteiger partial charge is 0.375 e. The first-order valence-electron chi connectivity index (χ1n) is 8.44. The van der Waals surface area contributed by atoms with E-state index in [1.54, 1.807) is 25.1 Å². The Labute approximate surface area is 156 Å². The Hall–Kier alpha value is -2.45. The summed E-state index contributed by atoms with van der Waals surface area (Å²) in [4.78, 5) is 31.1. The van der Waals surface area contributed by atoms with Crippen molar-refractivity contribution in [2.75, 3.05) is 32.6 Å². The number of thiazole rings is 1. The van der Waals surface area contributed by atoms with Crippen LogP contribution in [0.3, 0.4) is 0 Å². The van der Waals surface area contributed by atoms with E-state index in [-0.39, 0.29) is 11.9 Å². The molecule has 3 amide bonds. The normalized spacial score (nSPS) is 13.0. The molecule has 0 saturated heterocycles. The van der Waals surface area contributed by atoms with E-state index in [1.165, 1.54) is 11.3 Å². The Morgan fingerprint density at radius 1 is 1.35 bits per heavy atom. The molecular weight excluding hydrogens is 352 g/mol. The molecule has 1 aliphatic rings. The molecule has 0 unspecified atom stereocenters. The lowest BCUT2D eigenvalue weighted by Crippen LogP contribution is -2.30. The van der Waals surface area contributed by atoms with Gasteiger partial charge in [-0.15, -0.1) is 0 Å². The van der Waals surface area contributed by atoms with Gasteiger partial charge in [-0.05, 0) is 24.1 Å². The molecule has 26 heavy (non-hydrogen) atoms. The van der Waals surface area contributed by atoms with Crippen LogP contribution in [0.5, 0.6) is 0 Å². The van der Waals surface area contributed by atoms with Crippen LogP contribution in [0, 0.1) is 0 Å². The molecule has 138 valence electrons. The van der Waals surface area contributed by atoms with E-state index in [2.05, 4.69) is 15.6 Å². The van der Waals surface area contributed by atoms with E-state index in [9.17, 15) is 9.59 Å². The Bertz CT molecular complexity index is 780. The lowest BCUT2D eigenvalue weighted by molar-refractivity contribution is 0.0827. The van der Waals surface area contributed by atoms with E-state index in [0.717, 1.165) is 22.6 Å². The number of anilines is 1. The fourth-order valence-corrected chi connectivity index (χ4v) is 3.60. The molecule has 2 N–H and O–H groups in total. The number of aromatic nitrogens is 1. The van der Waals surface area contributed by atoms with Crippen molar-refractivity contribution in [3.05, 3.63) is 46.0 Å². The zero-order chi connectivity index (χ0) is 18.5. The maximum absolute atomic E-state index is 12.0. The second-order valence-electron chi connectivity index (χ2n) is 6.22. The number of nitrogens with zero attached hydrogens (tertiary/aromatic N) is 2. The molecule has 0 radical (unpaired) electrons. The van der Waals surface area contributed by atoms with Crippen LogP contribution in [0.1, 0.15) is 26.5 Å². The van der Waals surface area contributed by atoms with E-state index >= 15 is 0 Å². The van der Waals surface area contributed by atoms with Crippen molar-refractivity contribution < 1.29 is 14.3 Å². The van der Waals surface area contributed by atoms with Gasteiger partial charge in [-0.2, -0.15) is 0 Å². The molecule has 0 saturated carbocycles. The van der Waals surface area contributed by atoms with Crippen molar-refractivity contribution >= 4 is 28.4 Å². The predicted octanol–water partition coefficient (Wildman–Crippen LogP) is 2.28. The highest BCUT2D eigenvalue weighted by Crippen LogP contribution is 2.26. The summed E-state index contributed by atoms with van der Waals surface area (Å²) in [6, 6.07) is 7.17. The van der Waals surface area contributed by atoms with Crippen LogP contribution >= 0.6 is 11.3 Å². The van der Waals surface area contributed by atoms with Crippen LogP contribution in [0.4, 0.5) is 9.93 Å². The zero-order valence-electron chi connectivity index (χ0n) is 14.9. The molecular formula is C18H22N4O3S. The Balaban J connectivity index is 1.48. The molecule has 1 aromatic carbocycles. The SMILES string of the molecule is CN(C)C(=O)c1cccc(CCNC(=O)Nc2nc3c(s2)COCC3)c1. The number of hydrogen-bond donors (Lipinski definition) is 2. The van der Waals surface area contributed by atoms with Crippen LogP contribution in [0.25, 0.3) is 0 Å². The van der Waals surface area contributed by atoms with E-state index < -0.39 is 0 Å². The summed E-state index contributed by atoms with van der Waals surface area (Å²) in [5.41, 5.74) is 2.66. The first kappa shape index (κ1) is 18.3. The third-order valence-electron chi connectivity index (χ3n) is 3.99. The molecule has 0 fully saturated rings. The molecule has 2 heterocycles. The number of rotatable bonds is 5. The highest BCUT2D eigenvalue weighted by atomic mass is 32.1. The molecule has 0 aliphatic carbocycles. The van der Waals surface area contributed by atoms with Gasteiger partial charge in [0.1, 0.15) is 0 Å². The van der Waals surface area contributed by atoms with Gasteiger partial charge in [-0.25, -0.2) is 9.78 Å². The summed E-state index contributed by atoms with van der Waals surface area (Å²) in [5, 5.41) is 6.19. The number of carbonyl (C=O) groups is 2. The smallest absolute Gasteiger partial charge is 0.321 e. The Kier molecular flexibility index (Phi) is 5.85. The summed E-state index contributed by atoms with van der Waals surface area (Å²) >= 11 is 1.45. The third-order valence-corrected chi connectivity index (χ3v) is 4.98. The molecule has 1 aromatic heterocycles.